The number of benzene rings is 1. The molecule has 1 fully saturated rings. The summed E-state index contributed by atoms with van der Waals surface area (Å²) in [5.74, 6) is -0.331. The Morgan fingerprint density at radius 1 is 1.24 bits per heavy atom. The summed E-state index contributed by atoms with van der Waals surface area (Å²) in [6.45, 7) is 2.79. The van der Waals surface area contributed by atoms with Crippen LogP contribution in [0.5, 0.6) is 0 Å². The number of imide groups is 1. The van der Waals surface area contributed by atoms with Gasteiger partial charge >= 0.3 is 6.41 Å². The van der Waals surface area contributed by atoms with Crippen molar-refractivity contribution in [2.45, 2.75) is 0 Å². The first-order chi connectivity index (χ1) is 8.33. The predicted molar refractivity (Wildman–Crippen MR) is 62.7 cm³/mol. The maximum atomic E-state index is 12.1. The van der Waals surface area contributed by atoms with Gasteiger partial charge in [-0.3, -0.25) is 9.59 Å². The first kappa shape index (κ1) is 11.8. The van der Waals surface area contributed by atoms with Gasteiger partial charge in [0.1, 0.15) is 0 Å². The summed E-state index contributed by atoms with van der Waals surface area (Å²) in [6, 6.07) is 8.75. The Hall–Kier alpha value is -1.72. The molecule has 1 N–H and O–H groups in total. The van der Waals surface area contributed by atoms with Crippen LogP contribution in [0.4, 0.5) is 0 Å². The number of hydrogen-bond donors (Lipinski definition) is 1. The van der Waals surface area contributed by atoms with E-state index >= 15 is 0 Å². The number of carbonyl (C=O) groups excluding carboxylic acids is 2. The Bertz CT molecular complexity index is 388. The second kappa shape index (κ2) is 5.56. The highest BCUT2D eigenvalue weighted by Gasteiger charge is 2.24. The van der Waals surface area contributed by atoms with Crippen LogP contribution in [-0.4, -0.2) is 48.5 Å². The van der Waals surface area contributed by atoms with Gasteiger partial charge in [-0.05, 0) is 12.1 Å². The summed E-state index contributed by atoms with van der Waals surface area (Å²) in [5.41, 5.74) is 0.495. The lowest BCUT2D eigenvalue weighted by molar-refractivity contribution is 0.0234. The summed E-state index contributed by atoms with van der Waals surface area (Å²) in [7, 11) is 0. The zero-order chi connectivity index (χ0) is 12.1. The van der Waals surface area contributed by atoms with E-state index in [2.05, 4.69) is 5.32 Å². The second-order valence-corrected chi connectivity index (χ2v) is 3.78. The van der Waals surface area contributed by atoms with Gasteiger partial charge in [0.15, 0.2) is 0 Å². The molecule has 5 heteroatoms. The van der Waals surface area contributed by atoms with Crippen molar-refractivity contribution < 1.29 is 9.59 Å². The predicted octanol–water partition coefficient (Wildman–Crippen LogP) is 0.0162. The van der Waals surface area contributed by atoms with Crippen molar-refractivity contribution in [3.05, 3.63) is 35.9 Å². The number of rotatable bonds is 3. The van der Waals surface area contributed by atoms with Crippen molar-refractivity contribution in [3.8, 4) is 0 Å². The molecular weight excluding hydrogens is 218 g/mol. The third-order valence-corrected chi connectivity index (χ3v) is 2.68. The molecule has 1 radical (unpaired) electrons. The average Bonchev–Trinajstić information content (AvgIpc) is 2.42. The summed E-state index contributed by atoms with van der Waals surface area (Å²) in [5, 5.41) is 5.91. The van der Waals surface area contributed by atoms with E-state index in [1.807, 2.05) is 6.07 Å². The van der Waals surface area contributed by atoms with E-state index < -0.39 is 0 Å². The molecule has 2 amide bonds. The van der Waals surface area contributed by atoms with Crippen molar-refractivity contribution in [2.24, 2.45) is 0 Å². The molecule has 0 aromatic heterocycles. The molecule has 0 aliphatic carbocycles. The average molecular weight is 232 g/mol. The summed E-state index contributed by atoms with van der Waals surface area (Å²) >= 11 is 0. The van der Waals surface area contributed by atoms with Crippen LogP contribution in [0.3, 0.4) is 0 Å². The molecule has 2 rings (SSSR count). The molecule has 1 aromatic rings. The highest BCUT2D eigenvalue weighted by atomic mass is 16.2. The topological polar surface area (TPSA) is 52.7 Å². The Kier molecular flexibility index (Phi) is 3.85. The third kappa shape index (κ3) is 2.69. The van der Waals surface area contributed by atoms with Gasteiger partial charge in [-0.15, -0.1) is 0 Å². The van der Waals surface area contributed by atoms with Gasteiger partial charge in [0, 0.05) is 31.7 Å². The van der Waals surface area contributed by atoms with E-state index in [0.29, 0.717) is 18.7 Å². The van der Waals surface area contributed by atoms with Gasteiger partial charge < -0.3 is 5.32 Å². The zero-order valence-corrected chi connectivity index (χ0v) is 9.43. The fraction of sp³-hybridized carbons (Fsp3) is 0.333. The molecule has 1 aromatic carbocycles. The van der Waals surface area contributed by atoms with E-state index in [1.54, 1.807) is 35.7 Å². The van der Waals surface area contributed by atoms with E-state index in [9.17, 15) is 9.59 Å². The zero-order valence-electron chi connectivity index (χ0n) is 9.43. The minimum absolute atomic E-state index is 0.331. The molecular formula is C12H14N3O2. The second-order valence-electron chi connectivity index (χ2n) is 3.78. The number of amides is 2. The molecule has 17 heavy (non-hydrogen) atoms. The van der Waals surface area contributed by atoms with Crippen LogP contribution in [0.2, 0.25) is 0 Å². The molecule has 5 nitrogen and oxygen atoms in total. The van der Waals surface area contributed by atoms with Crippen LogP contribution in [0.25, 0.3) is 0 Å². The summed E-state index contributed by atoms with van der Waals surface area (Å²) < 4.78 is 0. The largest absolute Gasteiger partial charge is 0.335 e. The molecule has 1 heterocycles. The Balaban J connectivity index is 2.12. The molecule has 0 unspecified atom stereocenters. The van der Waals surface area contributed by atoms with Gasteiger partial charge in [0.25, 0.3) is 5.91 Å². The van der Waals surface area contributed by atoms with E-state index in [0.717, 1.165) is 18.1 Å². The molecule has 0 atom stereocenters. The number of nitrogens with zero attached hydrogens (tertiary/aromatic N) is 2. The normalized spacial score (nSPS) is 16.5. The number of piperazine rings is 1. The van der Waals surface area contributed by atoms with Crippen LogP contribution in [-0.2, 0) is 4.79 Å². The SMILES string of the molecule is O=[C]N(C(=O)c1ccccc1)N1CCNCC1. The van der Waals surface area contributed by atoms with Gasteiger partial charge in [0.05, 0.1) is 0 Å². The molecule has 89 valence electrons. The minimum Gasteiger partial charge on any atom is -0.314 e. The number of hydrazine groups is 1. The first-order valence-corrected chi connectivity index (χ1v) is 5.56. The minimum atomic E-state index is -0.331. The third-order valence-electron chi connectivity index (χ3n) is 2.68. The Labute approximate surface area is 100.0 Å². The van der Waals surface area contributed by atoms with Crippen LogP contribution in [0.15, 0.2) is 30.3 Å². The summed E-state index contributed by atoms with van der Waals surface area (Å²) in [6.07, 6.45) is 1.70. The van der Waals surface area contributed by atoms with E-state index in [4.69, 9.17) is 0 Å². The Morgan fingerprint density at radius 3 is 2.47 bits per heavy atom. The molecule has 0 bridgehead atoms. The number of carbonyl (C=O) groups is 1. The Morgan fingerprint density at radius 2 is 1.88 bits per heavy atom. The van der Waals surface area contributed by atoms with Gasteiger partial charge in [-0.2, -0.15) is 5.01 Å². The van der Waals surface area contributed by atoms with Crippen molar-refractivity contribution in [1.82, 2.24) is 15.3 Å². The first-order valence-electron chi connectivity index (χ1n) is 5.56. The number of nitrogens with one attached hydrogen (secondary N) is 1. The van der Waals surface area contributed by atoms with Crippen molar-refractivity contribution >= 4 is 12.3 Å². The summed E-state index contributed by atoms with van der Waals surface area (Å²) in [4.78, 5) is 23.0. The maximum absolute atomic E-state index is 12.1. The van der Waals surface area contributed by atoms with E-state index in [-0.39, 0.29) is 5.91 Å². The van der Waals surface area contributed by atoms with Gasteiger partial charge in [0.2, 0.25) is 0 Å². The highest BCUT2D eigenvalue weighted by molar-refractivity contribution is 5.99. The monoisotopic (exact) mass is 232 g/mol. The van der Waals surface area contributed by atoms with Crippen molar-refractivity contribution in [2.75, 3.05) is 26.2 Å². The smallest absolute Gasteiger partial charge is 0.314 e. The van der Waals surface area contributed by atoms with Crippen LogP contribution in [0.1, 0.15) is 10.4 Å². The van der Waals surface area contributed by atoms with E-state index in [1.165, 1.54) is 0 Å². The van der Waals surface area contributed by atoms with Gasteiger partial charge in [-0.1, -0.05) is 18.2 Å². The lowest BCUT2D eigenvalue weighted by Gasteiger charge is -2.32. The standard InChI is InChI=1S/C12H14N3O2/c16-10-15(14-8-6-13-7-9-14)12(17)11-4-2-1-3-5-11/h1-5,13H,6-9H2. The quantitative estimate of drug-likeness (QED) is 0.746. The molecule has 1 saturated heterocycles. The highest BCUT2D eigenvalue weighted by Crippen LogP contribution is 2.06. The van der Waals surface area contributed by atoms with Crippen molar-refractivity contribution in [1.29, 1.82) is 0 Å². The van der Waals surface area contributed by atoms with Crippen LogP contribution < -0.4 is 5.32 Å². The number of hydrogen-bond acceptors (Lipinski definition) is 4. The lowest BCUT2D eigenvalue weighted by Crippen LogP contribution is -2.54. The fourth-order valence-electron chi connectivity index (χ4n) is 1.78. The molecule has 1 aliphatic rings. The lowest BCUT2D eigenvalue weighted by atomic mass is 10.2. The maximum Gasteiger partial charge on any atom is 0.335 e. The van der Waals surface area contributed by atoms with Crippen LogP contribution >= 0.6 is 0 Å². The molecule has 0 saturated carbocycles. The van der Waals surface area contributed by atoms with Gasteiger partial charge in [-0.25, -0.2) is 5.01 Å². The molecule has 1 aliphatic heterocycles. The van der Waals surface area contributed by atoms with Crippen molar-refractivity contribution in [3.63, 3.8) is 0 Å². The molecule has 0 spiro atoms. The van der Waals surface area contributed by atoms with Crippen LogP contribution in [0, 0.1) is 0 Å². The fourth-order valence-corrected chi connectivity index (χ4v) is 1.78.